The quantitative estimate of drug-likeness (QED) is 0.781. The first-order valence-corrected chi connectivity index (χ1v) is 5.18. The summed E-state index contributed by atoms with van der Waals surface area (Å²) in [5.41, 5.74) is 0. The van der Waals surface area contributed by atoms with Gasteiger partial charge in [0.1, 0.15) is 11.6 Å². The highest BCUT2D eigenvalue weighted by atomic mass is 15.3. The number of rotatable bonds is 3. The number of nitrogens with one attached hydrogen (secondary N) is 1. The second-order valence-corrected chi connectivity index (χ2v) is 4.31. The van der Waals surface area contributed by atoms with E-state index in [9.17, 15) is 0 Å². The van der Waals surface area contributed by atoms with Crippen LogP contribution in [0, 0.1) is 18.8 Å². The maximum Gasteiger partial charge on any atom is 0.150 e. The van der Waals surface area contributed by atoms with Crippen molar-refractivity contribution in [3.63, 3.8) is 0 Å². The van der Waals surface area contributed by atoms with E-state index in [2.05, 4.69) is 27.0 Å². The highest BCUT2D eigenvalue weighted by Gasteiger charge is 2.41. The zero-order valence-corrected chi connectivity index (χ0v) is 9.28. The molecular formula is C10H18N4. The molecule has 0 spiro atoms. The lowest BCUT2D eigenvalue weighted by molar-refractivity contribution is 0.464. The molecule has 0 amide bonds. The molecule has 0 aromatic carbocycles. The lowest BCUT2D eigenvalue weighted by Gasteiger charge is -2.14. The van der Waals surface area contributed by atoms with E-state index in [-0.39, 0.29) is 0 Å². The van der Waals surface area contributed by atoms with E-state index >= 15 is 0 Å². The van der Waals surface area contributed by atoms with Gasteiger partial charge in [0.05, 0.1) is 6.04 Å². The van der Waals surface area contributed by atoms with Gasteiger partial charge in [-0.2, -0.15) is 0 Å². The summed E-state index contributed by atoms with van der Waals surface area (Å²) in [6, 6.07) is 0.371. The van der Waals surface area contributed by atoms with Crippen molar-refractivity contribution in [1.82, 2.24) is 20.1 Å². The molecule has 1 aromatic heterocycles. The summed E-state index contributed by atoms with van der Waals surface area (Å²) in [5, 5.41) is 11.7. The average Bonchev–Trinajstić information content (AvgIpc) is 2.79. The molecule has 0 radical (unpaired) electrons. The van der Waals surface area contributed by atoms with Crippen LogP contribution in [-0.4, -0.2) is 21.8 Å². The molecule has 1 fully saturated rings. The maximum absolute atomic E-state index is 4.23. The monoisotopic (exact) mass is 194 g/mol. The topological polar surface area (TPSA) is 42.7 Å². The fourth-order valence-corrected chi connectivity index (χ4v) is 2.04. The van der Waals surface area contributed by atoms with Crippen LogP contribution in [0.2, 0.25) is 0 Å². The van der Waals surface area contributed by atoms with Crippen LogP contribution in [0.5, 0.6) is 0 Å². The summed E-state index contributed by atoms with van der Waals surface area (Å²) in [5.74, 6) is 3.61. The predicted molar refractivity (Wildman–Crippen MR) is 54.8 cm³/mol. The Morgan fingerprint density at radius 3 is 2.50 bits per heavy atom. The molecule has 4 heteroatoms. The van der Waals surface area contributed by atoms with Crippen LogP contribution in [0.15, 0.2) is 0 Å². The summed E-state index contributed by atoms with van der Waals surface area (Å²) in [6.07, 6.45) is 1.30. The standard InChI is InChI=1S/C10H18N4/c1-6-5-8(6)9(11-3)10-13-12-7(2)14(10)4/h6,8-9,11H,5H2,1-4H3. The Hall–Kier alpha value is -0.900. The van der Waals surface area contributed by atoms with Gasteiger partial charge in [0, 0.05) is 7.05 Å². The molecule has 0 saturated heterocycles. The SMILES string of the molecule is CNC(c1nnc(C)n1C)C1CC1C. The van der Waals surface area contributed by atoms with Gasteiger partial charge >= 0.3 is 0 Å². The zero-order valence-electron chi connectivity index (χ0n) is 9.28. The van der Waals surface area contributed by atoms with Crippen LogP contribution in [-0.2, 0) is 7.05 Å². The van der Waals surface area contributed by atoms with Gasteiger partial charge in [-0.25, -0.2) is 0 Å². The highest BCUT2D eigenvalue weighted by molar-refractivity contribution is 5.06. The molecule has 1 heterocycles. The molecule has 1 aliphatic rings. The van der Waals surface area contributed by atoms with Gasteiger partial charge in [-0.05, 0) is 32.2 Å². The number of nitrogens with zero attached hydrogens (tertiary/aromatic N) is 3. The van der Waals surface area contributed by atoms with E-state index in [1.165, 1.54) is 6.42 Å². The minimum atomic E-state index is 0.371. The third-order valence-electron chi connectivity index (χ3n) is 3.32. The van der Waals surface area contributed by atoms with Crippen LogP contribution in [0.4, 0.5) is 0 Å². The van der Waals surface area contributed by atoms with E-state index in [4.69, 9.17) is 0 Å². The molecule has 14 heavy (non-hydrogen) atoms. The molecule has 0 bridgehead atoms. The largest absolute Gasteiger partial charge is 0.317 e. The van der Waals surface area contributed by atoms with Crippen molar-refractivity contribution >= 4 is 0 Å². The number of hydrogen-bond acceptors (Lipinski definition) is 3. The molecule has 1 aromatic rings. The summed E-state index contributed by atoms with van der Waals surface area (Å²) >= 11 is 0. The van der Waals surface area contributed by atoms with Crippen molar-refractivity contribution in [3.05, 3.63) is 11.6 Å². The summed E-state index contributed by atoms with van der Waals surface area (Å²) in [6.45, 7) is 4.28. The first-order chi connectivity index (χ1) is 6.65. The molecule has 1 saturated carbocycles. The van der Waals surface area contributed by atoms with Crippen molar-refractivity contribution in [1.29, 1.82) is 0 Å². The molecule has 78 valence electrons. The van der Waals surface area contributed by atoms with Crippen LogP contribution >= 0.6 is 0 Å². The van der Waals surface area contributed by atoms with Crippen LogP contribution < -0.4 is 5.32 Å². The number of hydrogen-bond donors (Lipinski definition) is 1. The first kappa shape index (κ1) is 9.65. The molecule has 4 nitrogen and oxygen atoms in total. The van der Waals surface area contributed by atoms with Crippen LogP contribution in [0.25, 0.3) is 0 Å². The van der Waals surface area contributed by atoms with Gasteiger partial charge in [0.15, 0.2) is 0 Å². The van der Waals surface area contributed by atoms with E-state index in [0.717, 1.165) is 23.5 Å². The third kappa shape index (κ3) is 1.43. The maximum atomic E-state index is 4.23. The Labute approximate surface area is 84.7 Å². The molecule has 3 unspecified atom stereocenters. The van der Waals surface area contributed by atoms with Crippen molar-refractivity contribution in [3.8, 4) is 0 Å². The summed E-state index contributed by atoms with van der Waals surface area (Å²) in [7, 11) is 4.03. The lowest BCUT2D eigenvalue weighted by Crippen LogP contribution is -2.22. The van der Waals surface area contributed by atoms with Gasteiger partial charge in [-0.1, -0.05) is 6.92 Å². The minimum Gasteiger partial charge on any atom is -0.317 e. The molecule has 0 aliphatic heterocycles. The van der Waals surface area contributed by atoms with Crippen molar-refractivity contribution in [2.24, 2.45) is 18.9 Å². The van der Waals surface area contributed by atoms with Crippen molar-refractivity contribution in [2.45, 2.75) is 26.3 Å². The number of aryl methyl sites for hydroxylation is 1. The van der Waals surface area contributed by atoms with E-state index in [1.807, 2.05) is 21.0 Å². The van der Waals surface area contributed by atoms with Gasteiger partial charge in [-0.15, -0.1) is 10.2 Å². The summed E-state index contributed by atoms with van der Waals surface area (Å²) < 4.78 is 2.08. The number of aromatic nitrogens is 3. The molecule has 2 rings (SSSR count). The molecule has 3 atom stereocenters. The Kier molecular flexibility index (Phi) is 2.31. The Morgan fingerprint density at radius 2 is 2.14 bits per heavy atom. The summed E-state index contributed by atoms with van der Waals surface area (Å²) in [4.78, 5) is 0. The van der Waals surface area contributed by atoms with E-state index < -0.39 is 0 Å². The van der Waals surface area contributed by atoms with Crippen LogP contribution in [0.3, 0.4) is 0 Å². The second kappa shape index (κ2) is 3.35. The average molecular weight is 194 g/mol. The Morgan fingerprint density at radius 1 is 1.50 bits per heavy atom. The fourth-order valence-electron chi connectivity index (χ4n) is 2.04. The Balaban J connectivity index is 2.23. The van der Waals surface area contributed by atoms with E-state index in [0.29, 0.717) is 6.04 Å². The van der Waals surface area contributed by atoms with Crippen molar-refractivity contribution < 1.29 is 0 Å². The highest BCUT2D eigenvalue weighted by Crippen LogP contribution is 2.46. The molecular weight excluding hydrogens is 176 g/mol. The Bertz CT molecular complexity index is 331. The normalized spacial score (nSPS) is 27.7. The van der Waals surface area contributed by atoms with Crippen molar-refractivity contribution in [2.75, 3.05) is 7.05 Å². The predicted octanol–water partition coefficient (Wildman–Crippen LogP) is 1.04. The van der Waals surface area contributed by atoms with Crippen LogP contribution in [0.1, 0.15) is 31.0 Å². The smallest absolute Gasteiger partial charge is 0.150 e. The van der Waals surface area contributed by atoms with Gasteiger partial charge in [-0.3, -0.25) is 0 Å². The van der Waals surface area contributed by atoms with Gasteiger partial charge in [0.2, 0.25) is 0 Å². The molecule has 1 N–H and O–H groups in total. The second-order valence-electron chi connectivity index (χ2n) is 4.31. The van der Waals surface area contributed by atoms with Gasteiger partial charge in [0.25, 0.3) is 0 Å². The minimum absolute atomic E-state index is 0.371. The molecule has 1 aliphatic carbocycles. The van der Waals surface area contributed by atoms with E-state index in [1.54, 1.807) is 0 Å². The first-order valence-electron chi connectivity index (χ1n) is 5.18. The van der Waals surface area contributed by atoms with Gasteiger partial charge < -0.3 is 9.88 Å². The fraction of sp³-hybridized carbons (Fsp3) is 0.800. The lowest BCUT2D eigenvalue weighted by atomic mass is 10.1. The zero-order chi connectivity index (χ0) is 10.3. The third-order valence-corrected chi connectivity index (χ3v) is 3.32.